The summed E-state index contributed by atoms with van der Waals surface area (Å²) >= 11 is 0. The number of benzene rings is 1. The van der Waals surface area contributed by atoms with Gasteiger partial charge in [0.2, 0.25) is 0 Å². The Balaban J connectivity index is 2.54. The highest BCUT2D eigenvalue weighted by Gasteiger charge is 1.96. The molecule has 0 unspecified atom stereocenters. The molecule has 1 rings (SSSR count). The molecule has 70 valence electrons. The fraction of sp³-hybridized carbons (Fsp3) is 0.222. The third-order valence-corrected chi connectivity index (χ3v) is 1.53. The van der Waals surface area contributed by atoms with Gasteiger partial charge in [0, 0.05) is 6.92 Å². The Morgan fingerprint density at radius 1 is 1.46 bits per heavy atom. The van der Waals surface area contributed by atoms with Crippen molar-refractivity contribution in [3.05, 3.63) is 29.8 Å². The van der Waals surface area contributed by atoms with Crippen molar-refractivity contribution in [1.82, 2.24) is 0 Å². The number of hydrogen-bond donors (Lipinski definition) is 2. The number of rotatable bonds is 3. The molecule has 0 fully saturated rings. The zero-order valence-electron chi connectivity index (χ0n) is 7.28. The first-order valence-corrected chi connectivity index (χ1v) is 3.85. The molecule has 0 saturated heterocycles. The van der Waals surface area contributed by atoms with E-state index in [9.17, 15) is 4.79 Å². The molecule has 0 saturated carbocycles. The summed E-state index contributed by atoms with van der Waals surface area (Å²) in [7, 11) is 0. The van der Waals surface area contributed by atoms with E-state index < -0.39 is 0 Å². The molecule has 4 heteroatoms. The number of hydrogen-bond acceptors (Lipinski definition) is 4. The summed E-state index contributed by atoms with van der Waals surface area (Å²) in [4.78, 5) is 10.5. The second kappa shape index (κ2) is 4.47. The summed E-state index contributed by atoms with van der Waals surface area (Å²) in [6.07, 6.45) is 0. The highest BCUT2D eigenvalue weighted by atomic mass is 16.5. The molecule has 4 nitrogen and oxygen atoms in total. The SMILES string of the molecule is CC(=O)OCc1ccc(NO)cc1. The molecule has 0 atom stereocenters. The normalized spacial score (nSPS) is 9.38. The molecule has 1 aromatic carbocycles. The van der Waals surface area contributed by atoms with E-state index in [4.69, 9.17) is 9.94 Å². The topological polar surface area (TPSA) is 58.6 Å². The minimum atomic E-state index is -0.302. The lowest BCUT2D eigenvalue weighted by molar-refractivity contribution is -0.142. The third kappa shape index (κ3) is 3.13. The van der Waals surface area contributed by atoms with Crippen LogP contribution in [0.2, 0.25) is 0 Å². The lowest BCUT2D eigenvalue weighted by Gasteiger charge is -2.02. The standard InChI is InChI=1S/C9H11NO3/c1-7(11)13-6-8-2-4-9(10-12)5-3-8/h2-5,10,12H,6H2,1H3. The maximum absolute atomic E-state index is 10.5. The van der Waals surface area contributed by atoms with Gasteiger partial charge >= 0.3 is 5.97 Å². The lowest BCUT2D eigenvalue weighted by atomic mass is 10.2. The highest BCUT2D eigenvalue weighted by molar-refractivity contribution is 5.65. The molecule has 0 amide bonds. The first kappa shape index (κ1) is 9.54. The number of esters is 1. The molecule has 2 N–H and O–H groups in total. The van der Waals surface area contributed by atoms with E-state index in [1.165, 1.54) is 6.92 Å². The van der Waals surface area contributed by atoms with Crippen molar-refractivity contribution in [2.45, 2.75) is 13.5 Å². The van der Waals surface area contributed by atoms with Crippen LogP contribution >= 0.6 is 0 Å². The van der Waals surface area contributed by atoms with E-state index in [2.05, 4.69) is 0 Å². The van der Waals surface area contributed by atoms with Crippen molar-refractivity contribution in [3.8, 4) is 0 Å². The van der Waals surface area contributed by atoms with Crippen LogP contribution in [0.15, 0.2) is 24.3 Å². The van der Waals surface area contributed by atoms with Gasteiger partial charge in [-0.2, -0.15) is 0 Å². The molecule has 13 heavy (non-hydrogen) atoms. The first-order valence-electron chi connectivity index (χ1n) is 3.85. The fourth-order valence-electron chi connectivity index (χ4n) is 0.860. The summed E-state index contributed by atoms with van der Waals surface area (Å²) in [5, 5.41) is 8.51. The Hall–Kier alpha value is -1.55. The molecule has 0 aliphatic rings. The van der Waals surface area contributed by atoms with Gasteiger partial charge in [0.15, 0.2) is 0 Å². The van der Waals surface area contributed by atoms with Crippen molar-refractivity contribution < 1.29 is 14.7 Å². The van der Waals surface area contributed by atoms with Gasteiger partial charge in [-0.1, -0.05) is 12.1 Å². The van der Waals surface area contributed by atoms with Crippen LogP contribution in [0.4, 0.5) is 5.69 Å². The number of anilines is 1. The molecule has 0 aliphatic heterocycles. The largest absolute Gasteiger partial charge is 0.461 e. The highest BCUT2D eigenvalue weighted by Crippen LogP contribution is 2.09. The summed E-state index contributed by atoms with van der Waals surface area (Å²) in [5.41, 5.74) is 3.50. The van der Waals surface area contributed by atoms with E-state index in [-0.39, 0.29) is 12.6 Å². The van der Waals surface area contributed by atoms with Gasteiger partial charge in [0.1, 0.15) is 6.61 Å². The minimum Gasteiger partial charge on any atom is -0.461 e. The van der Waals surface area contributed by atoms with Gasteiger partial charge in [-0.15, -0.1) is 0 Å². The zero-order valence-corrected chi connectivity index (χ0v) is 7.28. The molecule has 0 spiro atoms. The van der Waals surface area contributed by atoms with E-state index in [0.29, 0.717) is 5.69 Å². The third-order valence-electron chi connectivity index (χ3n) is 1.53. The van der Waals surface area contributed by atoms with E-state index in [0.717, 1.165) is 5.56 Å². The molecular formula is C9H11NO3. The monoisotopic (exact) mass is 181 g/mol. The zero-order chi connectivity index (χ0) is 9.68. The molecule has 0 aliphatic carbocycles. The van der Waals surface area contributed by atoms with Crippen LogP contribution in [0.25, 0.3) is 0 Å². The van der Waals surface area contributed by atoms with Crippen LogP contribution in [-0.4, -0.2) is 11.2 Å². The van der Waals surface area contributed by atoms with Crippen molar-refractivity contribution in [2.24, 2.45) is 0 Å². The Morgan fingerprint density at radius 3 is 2.54 bits per heavy atom. The Labute approximate surface area is 76.1 Å². The van der Waals surface area contributed by atoms with E-state index in [1.54, 1.807) is 24.3 Å². The molecule has 0 bridgehead atoms. The molecule has 1 aromatic rings. The molecule has 0 radical (unpaired) electrons. The molecule has 0 heterocycles. The van der Waals surface area contributed by atoms with Crippen LogP contribution in [0.5, 0.6) is 0 Å². The average molecular weight is 181 g/mol. The predicted molar refractivity (Wildman–Crippen MR) is 47.3 cm³/mol. The predicted octanol–water partition coefficient (Wildman–Crippen LogP) is 1.55. The van der Waals surface area contributed by atoms with Crippen LogP contribution in [0.1, 0.15) is 12.5 Å². The van der Waals surface area contributed by atoms with Crippen LogP contribution in [-0.2, 0) is 16.1 Å². The smallest absolute Gasteiger partial charge is 0.302 e. The summed E-state index contributed by atoms with van der Waals surface area (Å²) < 4.78 is 4.78. The van der Waals surface area contributed by atoms with Gasteiger partial charge in [-0.3, -0.25) is 15.5 Å². The van der Waals surface area contributed by atoms with Gasteiger partial charge in [0.25, 0.3) is 0 Å². The van der Waals surface area contributed by atoms with Crippen LogP contribution < -0.4 is 5.48 Å². The van der Waals surface area contributed by atoms with Gasteiger partial charge < -0.3 is 4.74 Å². The first-order chi connectivity index (χ1) is 6.22. The van der Waals surface area contributed by atoms with Gasteiger partial charge in [-0.25, -0.2) is 0 Å². The number of ether oxygens (including phenoxy) is 1. The lowest BCUT2D eigenvalue weighted by Crippen LogP contribution is -1.98. The summed E-state index contributed by atoms with van der Waals surface area (Å²) in [6, 6.07) is 6.92. The number of carbonyl (C=O) groups excluding carboxylic acids is 1. The summed E-state index contributed by atoms with van der Waals surface area (Å²) in [6.45, 7) is 1.63. The fourth-order valence-corrected chi connectivity index (χ4v) is 0.860. The number of carbonyl (C=O) groups is 1. The summed E-state index contributed by atoms with van der Waals surface area (Å²) in [5.74, 6) is -0.302. The van der Waals surface area contributed by atoms with Crippen LogP contribution in [0, 0.1) is 0 Å². The average Bonchev–Trinajstić information content (AvgIpc) is 2.15. The van der Waals surface area contributed by atoms with Crippen molar-refractivity contribution in [1.29, 1.82) is 0 Å². The van der Waals surface area contributed by atoms with Crippen molar-refractivity contribution in [3.63, 3.8) is 0 Å². The Morgan fingerprint density at radius 2 is 2.08 bits per heavy atom. The van der Waals surface area contributed by atoms with Crippen LogP contribution in [0.3, 0.4) is 0 Å². The maximum atomic E-state index is 10.5. The quantitative estimate of drug-likeness (QED) is 0.548. The number of nitrogens with one attached hydrogen (secondary N) is 1. The van der Waals surface area contributed by atoms with Crippen molar-refractivity contribution >= 4 is 11.7 Å². The second-order valence-corrected chi connectivity index (χ2v) is 2.59. The molecule has 0 aromatic heterocycles. The van der Waals surface area contributed by atoms with Gasteiger partial charge in [-0.05, 0) is 17.7 Å². The maximum Gasteiger partial charge on any atom is 0.302 e. The molecular weight excluding hydrogens is 170 g/mol. The van der Waals surface area contributed by atoms with E-state index in [1.807, 2.05) is 5.48 Å². The Kier molecular flexibility index (Phi) is 3.28. The Bertz CT molecular complexity index is 281. The van der Waals surface area contributed by atoms with E-state index >= 15 is 0 Å². The van der Waals surface area contributed by atoms with Gasteiger partial charge in [0.05, 0.1) is 5.69 Å². The van der Waals surface area contributed by atoms with Crippen molar-refractivity contribution in [2.75, 3.05) is 5.48 Å². The minimum absolute atomic E-state index is 0.265. The second-order valence-electron chi connectivity index (χ2n) is 2.59.